The second-order valence-electron chi connectivity index (χ2n) is 2.17. The molecule has 0 unspecified atom stereocenters. The van der Waals surface area contributed by atoms with Gasteiger partial charge < -0.3 is 4.74 Å². The van der Waals surface area contributed by atoms with Gasteiger partial charge in [0, 0.05) is 13.2 Å². The van der Waals surface area contributed by atoms with Gasteiger partial charge in [0.05, 0.1) is 10.5 Å². The van der Waals surface area contributed by atoms with Crippen molar-refractivity contribution in [3.63, 3.8) is 0 Å². The first-order chi connectivity index (χ1) is 5.75. The normalized spacial score (nSPS) is 9.75. The number of nitrogens with zero attached hydrogens (tertiary/aromatic N) is 1. The molecule has 1 aromatic carbocycles. The van der Waals surface area contributed by atoms with Crippen LogP contribution in [0.1, 0.15) is 5.56 Å². The molecule has 0 heterocycles. The monoisotopic (exact) mass is 166 g/mol. The SMILES string of the molecule is CO[CH]c1ccccc1[N+](=O)[O-]. The van der Waals surface area contributed by atoms with Gasteiger partial charge in [-0.2, -0.15) is 0 Å². The third-order valence-electron chi connectivity index (χ3n) is 1.38. The summed E-state index contributed by atoms with van der Waals surface area (Å²) in [5, 5.41) is 10.4. The Labute approximate surface area is 69.9 Å². The van der Waals surface area contributed by atoms with Crippen LogP contribution in [0.5, 0.6) is 0 Å². The Balaban J connectivity index is 3.00. The van der Waals surface area contributed by atoms with Crippen LogP contribution in [0.25, 0.3) is 0 Å². The fraction of sp³-hybridized carbons (Fsp3) is 0.125. The average Bonchev–Trinajstić information content (AvgIpc) is 2.05. The zero-order valence-corrected chi connectivity index (χ0v) is 6.56. The Bertz CT molecular complexity index is 285. The molecule has 0 saturated heterocycles. The number of nitro groups is 1. The fourth-order valence-corrected chi connectivity index (χ4v) is 0.880. The first kappa shape index (κ1) is 8.67. The lowest BCUT2D eigenvalue weighted by Gasteiger charge is -1.98. The minimum atomic E-state index is -0.440. The number of ether oxygens (including phenoxy) is 1. The lowest BCUT2D eigenvalue weighted by molar-refractivity contribution is -0.385. The van der Waals surface area contributed by atoms with Crippen LogP contribution in [0.15, 0.2) is 24.3 Å². The topological polar surface area (TPSA) is 52.4 Å². The van der Waals surface area contributed by atoms with Crippen LogP contribution in [0.2, 0.25) is 0 Å². The van der Waals surface area contributed by atoms with E-state index in [0.29, 0.717) is 5.56 Å². The molecule has 1 aromatic rings. The fourth-order valence-electron chi connectivity index (χ4n) is 0.880. The van der Waals surface area contributed by atoms with Gasteiger partial charge in [0.15, 0.2) is 0 Å². The summed E-state index contributed by atoms with van der Waals surface area (Å²) in [6, 6.07) is 6.40. The van der Waals surface area contributed by atoms with Gasteiger partial charge in [-0.15, -0.1) is 0 Å². The summed E-state index contributed by atoms with van der Waals surface area (Å²) in [4.78, 5) is 9.99. The molecule has 0 aromatic heterocycles. The quantitative estimate of drug-likeness (QED) is 0.507. The van der Waals surface area contributed by atoms with Crippen LogP contribution in [0.4, 0.5) is 5.69 Å². The lowest BCUT2D eigenvalue weighted by Crippen LogP contribution is -1.94. The van der Waals surface area contributed by atoms with Crippen molar-refractivity contribution in [1.29, 1.82) is 0 Å². The number of methoxy groups -OCH3 is 1. The summed E-state index contributed by atoms with van der Waals surface area (Å²) in [5.74, 6) is 0. The first-order valence-electron chi connectivity index (χ1n) is 3.35. The largest absolute Gasteiger partial charge is 0.373 e. The number of rotatable bonds is 3. The first-order valence-corrected chi connectivity index (χ1v) is 3.35. The van der Waals surface area contributed by atoms with Crippen molar-refractivity contribution in [2.75, 3.05) is 7.11 Å². The number of para-hydroxylation sites is 1. The van der Waals surface area contributed by atoms with Crippen molar-refractivity contribution >= 4 is 5.69 Å². The maximum Gasteiger partial charge on any atom is 0.275 e. The highest BCUT2D eigenvalue weighted by molar-refractivity contribution is 5.42. The molecule has 1 rings (SSSR count). The van der Waals surface area contributed by atoms with E-state index >= 15 is 0 Å². The zero-order chi connectivity index (χ0) is 8.97. The molecule has 0 amide bonds. The number of hydrogen-bond donors (Lipinski definition) is 0. The molecule has 0 aliphatic carbocycles. The number of nitro benzene ring substituents is 1. The molecule has 0 aliphatic rings. The molecule has 0 N–H and O–H groups in total. The molecule has 12 heavy (non-hydrogen) atoms. The molecule has 63 valence electrons. The summed E-state index contributed by atoms with van der Waals surface area (Å²) < 4.78 is 4.69. The van der Waals surface area contributed by atoms with Crippen molar-refractivity contribution in [3.05, 3.63) is 46.6 Å². The third-order valence-corrected chi connectivity index (χ3v) is 1.38. The predicted molar refractivity (Wildman–Crippen MR) is 43.5 cm³/mol. The van der Waals surface area contributed by atoms with Crippen LogP contribution in [-0.4, -0.2) is 12.0 Å². The molecular weight excluding hydrogens is 158 g/mol. The minimum absolute atomic E-state index is 0.0550. The molecule has 0 fully saturated rings. The summed E-state index contributed by atoms with van der Waals surface area (Å²) in [7, 11) is 1.46. The van der Waals surface area contributed by atoms with E-state index in [1.807, 2.05) is 0 Å². The Kier molecular flexibility index (Phi) is 2.76. The smallest absolute Gasteiger partial charge is 0.275 e. The minimum Gasteiger partial charge on any atom is -0.373 e. The van der Waals surface area contributed by atoms with E-state index < -0.39 is 4.92 Å². The van der Waals surface area contributed by atoms with Gasteiger partial charge in [0.1, 0.15) is 6.61 Å². The number of benzene rings is 1. The van der Waals surface area contributed by atoms with Gasteiger partial charge in [0.2, 0.25) is 0 Å². The summed E-state index contributed by atoms with van der Waals surface area (Å²) >= 11 is 0. The van der Waals surface area contributed by atoms with E-state index in [-0.39, 0.29) is 5.69 Å². The Morgan fingerprint density at radius 2 is 2.17 bits per heavy atom. The van der Waals surface area contributed by atoms with Crippen molar-refractivity contribution < 1.29 is 9.66 Å². The Morgan fingerprint density at radius 3 is 2.75 bits per heavy atom. The zero-order valence-electron chi connectivity index (χ0n) is 6.56. The highest BCUT2D eigenvalue weighted by atomic mass is 16.6. The Morgan fingerprint density at radius 1 is 1.50 bits per heavy atom. The molecule has 0 bridgehead atoms. The van der Waals surface area contributed by atoms with Crippen molar-refractivity contribution in [2.24, 2.45) is 0 Å². The van der Waals surface area contributed by atoms with Gasteiger partial charge in [0.25, 0.3) is 5.69 Å². The van der Waals surface area contributed by atoms with Gasteiger partial charge in [-0.3, -0.25) is 10.1 Å². The lowest BCUT2D eigenvalue weighted by atomic mass is 10.2. The van der Waals surface area contributed by atoms with E-state index in [4.69, 9.17) is 0 Å². The predicted octanol–water partition coefficient (Wildman–Crippen LogP) is 1.75. The van der Waals surface area contributed by atoms with Crippen LogP contribution < -0.4 is 0 Å². The van der Waals surface area contributed by atoms with E-state index in [1.54, 1.807) is 18.2 Å². The van der Waals surface area contributed by atoms with Gasteiger partial charge >= 0.3 is 0 Å². The van der Waals surface area contributed by atoms with Crippen molar-refractivity contribution in [1.82, 2.24) is 0 Å². The molecule has 0 atom stereocenters. The highest BCUT2D eigenvalue weighted by Crippen LogP contribution is 2.18. The maximum absolute atomic E-state index is 10.4. The second kappa shape index (κ2) is 3.82. The molecule has 4 heteroatoms. The van der Waals surface area contributed by atoms with E-state index in [0.717, 1.165) is 0 Å². The summed E-state index contributed by atoms with van der Waals surface area (Å²) in [5.41, 5.74) is 0.532. The molecule has 0 saturated carbocycles. The molecular formula is C8H8NO3. The molecule has 4 nitrogen and oxygen atoms in total. The van der Waals surface area contributed by atoms with Crippen molar-refractivity contribution in [2.45, 2.75) is 0 Å². The van der Waals surface area contributed by atoms with E-state index in [2.05, 4.69) is 4.74 Å². The van der Waals surface area contributed by atoms with Crippen LogP contribution in [0, 0.1) is 16.7 Å². The highest BCUT2D eigenvalue weighted by Gasteiger charge is 2.11. The van der Waals surface area contributed by atoms with E-state index in [9.17, 15) is 10.1 Å². The summed E-state index contributed by atoms with van der Waals surface area (Å²) in [6.07, 6.45) is 0. The summed E-state index contributed by atoms with van der Waals surface area (Å²) in [6.45, 7) is 1.35. The van der Waals surface area contributed by atoms with Crippen LogP contribution in [0.3, 0.4) is 0 Å². The number of hydrogen-bond acceptors (Lipinski definition) is 3. The van der Waals surface area contributed by atoms with Gasteiger partial charge in [-0.1, -0.05) is 12.1 Å². The van der Waals surface area contributed by atoms with Crippen LogP contribution >= 0.6 is 0 Å². The van der Waals surface area contributed by atoms with Gasteiger partial charge in [-0.05, 0) is 6.07 Å². The van der Waals surface area contributed by atoms with Crippen LogP contribution in [-0.2, 0) is 4.74 Å². The van der Waals surface area contributed by atoms with Gasteiger partial charge in [-0.25, -0.2) is 0 Å². The van der Waals surface area contributed by atoms with Crippen molar-refractivity contribution in [3.8, 4) is 0 Å². The molecule has 0 aliphatic heterocycles. The average molecular weight is 166 g/mol. The molecule has 0 spiro atoms. The molecule has 1 radical (unpaired) electrons. The third kappa shape index (κ3) is 1.79. The second-order valence-corrected chi connectivity index (χ2v) is 2.17. The van der Waals surface area contributed by atoms with E-state index in [1.165, 1.54) is 19.8 Å². The maximum atomic E-state index is 10.4. The standard InChI is InChI=1S/C8H8NO3/c1-12-6-7-4-2-3-5-8(7)9(10)11/h2-6H,1H3. The Hall–Kier alpha value is -1.42.